The first-order chi connectivity index (χ1) is 8.75. The van der Waals surface area contributed by atoms with Gasteiger partial charge in [-0.1, -0.05) is 30.3 Å². The molecule has 1 saturated heterocycles. The van der Waals surface area contributed by atoms with E-state index in [0.717, 1.165) is 19.5 Å². The van der Waals surface area contributed by atoms with E-state index in [4.69, 9.17) is 0 Å². The van der Waals surface area contributed by atoms with Crippen LogP contribution < -0.4 is 5.32 Å². The second kappa shape index (κ2) is 4.61. The molecule has 3 rings (SSSR count). The van der Waals surface area contributed by atoms with Gasteiger partial charge in [-0.2, -0.15) is 0 Å². The third kappa shape index (κ3) is 2.20. The van der Waals surface area contributed by atoms with E-state index in [1.807, 2.05) is 18.2 Å². The third-order valence-electron chi connectivity index (χ3n) is 3.95. The number of hydrogen-bond donors (Lipinski definition) is 2. The summed E-state index contributed by atoms with van der Waals surface area (Å²) in [6, 6.07) is 10.4. The van der Waals surface area contributed by atoms with Gasteiger partial charge in [0.05, 0.1) is 0 Å². The first-order valence-corrected chi connectivity index (χ1v) is 6.51. The van der Waals surface area contributed by atoms with Gasteiger partial charge < -0.3 is 15.3 Å². The Morgan fingerprint density at radius 3 is 2.61 bits per heavy atom. The van der Waals surface area contributed by atoms with Gasteiger partial charge in [0.2, 0.25) is 0 Å². The fraction of sp³-hybridized carbons (Fsp3) is 0.500. The van der Waals surface area contributed by atoms with Gasteiger partial charge in [-0.25, -0.2) is 4.79 Å². The first-order valence-electron chi connectivity index (χ1n) is 6.51. The largest absolute Gasteiger partial charge is 0.465 e. The summed E-state index contributed by atoms with van der Waals surface area (Å²) in [5.74, 6) is 0.897. The molecule has 0 bridgehead atoms. The van der Waals surface area contributed by atoms with Crippen LogP contribution in [0.5, 0.6) is 0 Å². The Morgan fingerprint density at radius 1 is 1.33 bits per heavy atom. The SMILES string of the molecule is O=C(O)N(CC1CNC1)C1CC1c1ccccc1. The molecular formula is C14H18N2O2. The molecule has 4 nitrogen and oxygen atoms in total. The van der Waals surface area contributed by atoms with Crippen LogP contribution in [0.1, 0.15) is 17.9 Å². The molecule has 2 aliphatic rings. The molecule has 0 radical (unpaired) electrons. The monoisotopic (exact) mass is 246 g/mol. The number of nitrogens with zero attached hydrogens (tertiary/aromatic N) is 1. The molecule has 1 aromatic carbocycles. The van der Waals surface area contributed by atoms with Crippen LogP contribution in [0, 0.1) is 5.92 Å². The van der Waals surface area contributed by atoms with Crippen LogP contribution >= 0.6 is 0 Å². The minimum Gasteiger partial charge on any atom is -0.465 e. The highest BCUT2D eigenvalue weighted by molar-refractivity contribution is 5.66. The normalized spacial score (nSPS) is 26.4. The minimum absolute atomic E-state index is 0.186. The third-order valence-corrected chi connectivity index (χ3v) is 3.95. The van der Waals surface area contributed by atoms with Crippen LogP contribution in [0.3, 0.4) is 0 Å². The van der Waals surface area contributed by atoms with Gasteiger partial charge in [0.15, 0.2) is 0 Å². The Bertz CT molecular complexity index is 431. The van der Waals surface area contributed by atoms with Crippen molar-refractivity contribution in [3.63, 3.8) is 0 Å². The van der Waals surface area contributed by atoms with Crippen LogP contribution in [0.25, 0.3) is 0 Å². The smallest absolute Gasteiger partial charge is 0.407 e. The van der Waals surface area contributed by atoms with E-state index in [1.54, 1.807) is 4.90 Å². The van der Waals surface area contributed by atoms with Crippen molar-refractivity contribution >= 4 is 6.09 Å². The number of nitrogens with one attached hydrogen (secondary N) is 1. The van der Waals surface area contributed by atoms with E-state index < -0.39 is 6.09 Å². The second-order valence-corrected chi connectivity index (χ2v) is 5.28. The van der Waals surface area contributed by atoms with Gasteiger partial charge >= 0.3 is 6.09 Å². The van der Waals surface area contributed by atoms with Crippen LogP contribution in [0.15, 0.2) is 30.3 Å². The van der Waals surface area contributed by atoms with E-state index in [1.165, 1.54) is 5.56 Å². The highest BCUT2D eigenvalue weighted by Gasteiger charge is 2.45. The van der Waals surface area contributed by atoms with E-state index >= 15 is 0 Å². The van der Waals surface area contributed by atoms with Crippen molar-refractivity contribution in [2.45, 2.75) is 18.4 Å². The van der Waals surface area contributed by atoms with Gasteiger partial charge in [0, 0.05) is 37.5 Å². The predicted octanol–water partition coefficient (Wildman–Crippen LogP) is 1.74. The Balaban J connectivity index is 1.64. The maximum atomic E-state index is 11.3. The van der Waals surface area contributed by atoms with Crippen molar-refractivity contribution in [3.8, 4) is 0 Å². The summed E-state index contributed by atoms with van der Waals surface area (Å²) in [7, 11) is 0. The molecule has 2 atom stereocenters. The average molecular weight is 246 g/mol. The fourth-order valence-electron chi connectivity index (χ4n) is 2.70. The lowest BCUT2D eigenvalue weighted by Crippen LogP contribution is -2.50. The molecule has 2 N–H and O–H groups in total. The summed E-state index contributed by atoms with van der Waals surface area (Å²) in [6.45, 7) is 2.58. The number of benzene rings is 1. The van der Waals surface area contributed by atoms with Crippen LogP contribution in [0.2, 0.25) is 0 Å². The van der Waals surface area contributed by atoms with Gasteiger partial charge in [-0.05, 0) is 12.0 Å². The second-order valence-electron chi connectivity index (χ2n) is 5.28. The highest BCUT2D eigenvalue weighted by atomic mass is 16.4. The quantitative estimate of drug-likeness (QED) is 0.851. The van der Waals surface area contributed by atoms with E-state index in [2.05, 4.69) is 17.4 Å². The zero-order valence-corrected chi connectivity index (χ0v) is 10.2. The molecule has 1 aliphatic heterocycles. The van der Waals surface area contributed by atoms with Crippen molar-refractivity contribution in [1.29, 1.82) is 0 Å². The van der Waals surface area contributed by atoms with Crippen molar-refractivity contribution in [1.82, 2.24) is 10.2 Å². The van der Waals surface area contributed by atoms with Crippen molar-refractivity contribution < 1.29 is 9.90 Å². The number of carboxylic acid groups (broad SMARTS) is 1. The van der Waals surface area contributed by atoms with Crippen molar-refractivity contribution in [3.05, 3.63) is 35.9 Å². The molecule has 4 heteroatoms. The molecule has 0 spiro atoms. The molecule has 1 saturated carbocycles. The van der Waals surface area contributed by atoms with E-state index in [-0.39, 0.29) is 6.04 Å². The molecule has 1 aliphatic carbocycles. The lowest BCUT2D eigenvalue weighted by Gasteiger charge is -2.32. The topological polar surface area (TPSA) is 52.6 Å². The Kier molecular flexibility index (Phi) is 2.96. The van der Waals surface area contributed by atoms with E-state index in [9.17, 15) is 9.90 Å². The zero-order chi connectivity index (χ0) is 12.5. The Hall–Kier alpha value is -1.55. The van der Waals surface area contributed by atoms with Crippen LogP contribution in [0.4, 0.5) is 4.79 Å². The number of carbonyl (C=O) groups is 1. The van der Waals surface area contributed by atoms with Gasteiger partial charge in [-0.3, -0.25) is 0 Å². The summed E-state index contributed by atoms with van der Waals surface area (Å²) in [4.78, 5) is 13.0. The maximum Gasteiger partial charge on any atom is 0.407 e. The highest BCUT2D eigenvalue weighted by Crippen LogP contribution is 2.44. The molecule has 2 fully saturated rings. The van der Waals surface area contributed by atoms with Gasteiger partial charge in [0.25, 0.3) is 0 Å². The van der Waals surface area contributed by atoms with E-state index in [0.29, 0.717) is 18.4 Å². The van der Waals surface area contributed by atoms with Gasteiger partial charge in [0.1, 0.15) is 0 Å². The summed E-state index contributed by atoms with van der Waals surface area (Å²) < 4.78 is 0. The van der Waals surface area contributed by atoms with Crippen LogP contribution in [-0.2, 0) is 0 Å². The predicted molar refractivity (Wildman–Crippen MR) is 68.7 cm³/mol. The fourth-order valence-corrected chi connectivity index (χ4v) is 2.70. The lowest BCUT2D eigenvalue weighted by molar-refractivity contribution is 0.124. The summed E-state index contributed by atoms with van der Waals surface area (Å²) in [5.41, 5.74) is 1.26. The molecule has 1 heterocycles. The molecule has 1 amide bonds. The average Bonchev–Trinajstić information content (AvgIpc) is 3.08. The lowest BCUT2D eigenvalue weighted by atomic mass is 10.0. The maximum absolute atomic E-state index is 11.3. The minimum atomic E-state index is -0.773. The summed E-state index contributed by atoms with van der Waals surface area (Å²) >= 11 is 0. The Morgan fingerprint density at radius 2 is 2.06 bits per heavy atom. The molecule has 0 aromatic heterocycles. The summed E-state index contributed by atoms with van der Waals surface area (Å²) in [5, 5.41) is 12.5. The molecule has 18 heavy (non-hydrogen) atoms. The first kappa shape index (κ1) is 11.5. The van der Waals surface area contributed by atoms with Crippen molar-refractivity contribution in [2.24, 2.45) is 5.92 Å². The standard InChI is InChI=1S/C14H18N2O2/c17-14(18)16(9-10-7-15-8-10)13-6-12(13)11-4-2-1-3-5-11/h1-5,10,12-13,15H,6-9H2,(H,17,18). The van der Waals surface area contributed by atoms with Crippen molar-refractivity contribution in [2.75, 3.05) is 19.6 Å². The number of hydrogen-bond acceptors (Lipinski definition) is 2. The van der Waals surface area contributed by atoms with Crippen LogP contribution in [-0.4, -0.2) is 41.8 Å². The molecule has 2 unspecified atom stereocenters. The molecule has 1 aromatic rings. The Labute approximate surface area is 107 Å². The molecule has 96 valence electrons. The number of amides is 1. The zero-order valence-electron chi connectivity index (χ0n) is 10.2. The van der Waals surface area contributed by atoms with Gasteiger partial charge in [-0.15, -0.1) is 0 Å². The number of rotatable bonds is 4. The summed E-state index contributed by atoms with van der Waals surface area (Å²) in [6.07, 6.45) is 0.196. The molecular weight excluding hydrogens is 228 g/mol.